The molecule has 0 aliphatic rings. The molecule has 0 bridgehead atoms. The van der Waals surface area contributed by atoms with Crippen LogP contribution in [0.25, 0.3) is 0 Å². The first-order chi connectivity index (χ1) is 9.51. The summed E-state index contributed by atoms with van der Waals surface area (Å²) in [6, 6.07) is 9.79. The third-order valence-electron chi connectivity index (χ3n) is 2.82. The van der Waals surface area contributed by atoms with E-state index in [1.165, 1.54) is 6.07 Å². The van der Waals surface area contributed by atoms with E-state index in [0.717, 1.165) is 5.56 Å². The van der Waals surface area contributed by atoms with Crippen LogP contribution in [0.5, 0.6) is 5.75 Å². The Labute approximate surface area is 133 Å². The van der Waals surface area contributed by atoms with Crippen LogP contribution >= 0.6 is 31.9 Å². The number of Topliss-reactive ketones (excluding diaryl/α,β-unsaturated/α-hetero) is 1. The van der Waals surface area contributed by atoms with E-state index in [-0.39, 0.29) is 18.0 Å². The maximum absolute atomic E-state index is 13.2. The third-order valence-corrected chi connectivity index (χ3v) is 4.12. The Balaban J connectivity index is 2.25. The molecular weight excluding hydrogens is 391 g/mol. The number of carbonyl (C=O) groups excluding carboxylic acids is 1. The van der Waals surface area contributed by atoms with Gasteiger partial charge in [0.25, 0.3) is 0 Å². The number of ketones is 1. The number of hydrogen-bond acceptors (Lipinski definition) is 2. The lowest BCUT2D eigenvalue weighted by molar-refractivity contribution is 0.0992. The average molecular weight is 402 g/mol. The molecule has 0 unspecified atom stereocenters. The Hall–Kier alpha value is -1.20. The summed E-state index contributed by atoms with van der Waals surface area (Å²) >= 11 is 6.47. The number of rotatable bonds is 4. The first-order valence-electron chi connectivity index (χ1n) is 5.82. The number of benzene rings is 2. The maximum atomic E-state index is 13.2. The molecule has 0 aliphatic heterocycles. The molecule has 104 valence electrons. The number of halogens is 3. The predicted octanol–water partition coefficient (Wildman–Crippen LogP) is 4.78. The molecular formula is C15H11Br2FO2. The Morgan fingerprint density at radius 1 is 1.15 bits per heavy atom. The largest absolute Gasteiger partial charge is 0.497 e. The molecule has 0 aromatic heterocycles. The van der Waals surface area contributed by atoms with Crippen molar-refractivity contribution in [2.45, 2.75) is 6.42 Å². The van der Waals surface area contributed by atoms with Gasteiger partial charge in [-0.15, -0.1) is 0 Å². The van der Waals surface area contributed by atoms with Gasteiger partial charge in [0.05, 0.1) is 11.6 Å². The van der Waals surface area contributed by atoms with Crippen LogP contribution in [-0.4, -0.2) is 12.9 Å². The standard InChI is InChI=1S/C15H11Br2FO2/c1-20-10-3-4-12(16)11(8-10)15(19)7-9-2-5-14(18)13(17)6-9/h2-6,8H,7H2,1H3. The van der Waals surface area contributed by atoms with E-state index in [1.54, 1.807) is 37.4 Å². The highest BCUT2D eigenvalue weighted by Crippen LogP contribution is 2.25. The van der Waals surface area contributed by atoms with Crippen LogP contribution in [0.15, 0.2) is 45.3 Å². The van der Waals surface area contributed by atoms with Crippen molar-refractivity contribution in [3.05, 3.63) is 62.3 Å². The average Bonchev–Trinajstić information content (AvgIpc) is 2.43. The lowest BCUT2D eigenvalue weighted by Gasteiger charge is -2.07. The molecule has 0 spiro atoms. The minimum atomic E-state index is -0.344. The summed E-state index contributed by atoms with van der Waals surface area (Å²) < 4.78 is 19.3. The summed E-state index contributed by atoms with van der Waals surface area (Å²) in [5, 5.41) is 0. The second kappa shape index (κ2) is 6.50. The zero-order valence-electron chi connectivity index (χ0n) is 10.6. The van der Waals surface area contributed by atoms with Gasteiger partial charge in [0.15, 0.2) is 5.78 Å². The van der Waals surface area contributed by atoms with Crippen LogP contribution in [-0.2, 0) is 6.42 Å². The molecule has 2 nitrogen and oxygen atoms in total. The molecule has 2 aromatic carbocycles. The molecule has 0 aliphatic carbocycles. The second-order valence-electron chi connectivity index (χ2n) is 4.19. The lowest BCUT2D eigenvalue weighted by atomic mass is 10.0. The minimum Gasteiger partial charge on any atom is -0.497 e. The van der Waals surface area contributed by atoms with Gasteiger partial charge in [-0.05, 0) is 51.8 Å². The van der Waals surface area contributed by atoms with Gasteiger partial charge in [0.1, 0.15) is 11.6 Å². The molecule has 0 saturated carbocycles. The van der Waals surface area contributed by atoms with Gasteiger partial charge >= 0.3 is 0 Å². The lowest BCUT2D eigenvalue weighted by Crippen LogP contribution is -2.05. The van der Waals surface area contributed by atoms with Gasteiger partial charge in [-0.3, -0.25) is 4.79 Å². The first-order valence-corrected chi connectivity index (χ1v) is 7.40. The Bertz CT molecular complexity index is 656. The van der Waals surface area contributed by atoms with Crippen molar-refractivity contribution in [2.75, 3.05) is 7.11 Å². The molecule has 0 amide bonds. The number of carbonyl (C=O) groups is 1. The van der Waals surface area contributed by atoms with Gasteiger partial charge in [-0.1, -0.05) is 22.0 Å². The van der Waals surface area contributed by atoms with Gasteiger partial charge < -0.3 is 4.74 Å². The van der Waals surface area contributed by atoms with E-state index in [0.29, 0.717) is 20.3 Å². The maximum Gasteiger partial charge on any atom is 0.168 e. The zero-order valence-corrected chi connectivity index (χ0v) is 13.8. The van der Waals surface area contributed by atoms with Crippen molar-refractivity contribution in [1.29, 1.82) is 0 Å². The molecule has 0 atom stereocenters. The van der Waals surface area contributed by atoms with Crippen LogP contribution in [0.2, 0.25) is 0 Å². The monoisotopic (exact) mass is 400 g/mol. The number of ether oxygens (including phenoxy) is 1. The second-order valence-corrected chi connectivity index (χ2v) is 5.90. The molecule has 0 heterocycles. The SMILES string of the molecule is COc1ccc(Br)c(C(=O)Cc2ccc(F)c(Br)c2)c1. The van der Waals surface area contributed by atoms with Crippen molar-refractivity contribution in [3.63, 3.8) is 0 Å². The fraction of sp³-hybridized carbons (Fsp3) is 0.133. The van der Waals surface area contributed by atoms with Gasteiger partial charge in [0, 0.05) is 16.5 Å². The molecule has 20 heavy (non-hydrogen) atoms. The molecule has 2 aromatic rings. The van der Waals surface area contributed by atoms with E-state index >= 15 is 0 Å². The normalized spacial score (nSPS) is 10.4. The van der Waals surface area contributed by atoms with E-state index in [1.807, 2.05) is 0 Å². The van der Waals surface area contributed by atoms with Crippen molar-refractivity contribution in [1.82, 2.24) is 0 Å². The van der Waals surface area contributed by atoms with Crippen LogP contribution in [0.4, 0.5) is 4.39 Å². The van der Waals surface area contributed by atoms with Crippen molar-refractivity contribution < 1.29 is 13.9 Å². The van der Waals surface area contributed by atoms with Crippen molar-refractivity contribution in [2.24, 2.45) is 0 Å². The summed E-state index contributed by atoms with van der Waals surface area (Å²) in [7, 11) is 1.55. The summed E-state index contributed by atoms with van der Waals surface area (Å²) in [5.74, 6) is 0.217. The first kappa shape index (κ1) is 15.2. The quantitative estimate of drug-likeness (QED) is 0.688. The van der Waals surface area contributed by atoms with Crippen LogP contribution in [0.3, 0.4) is 0 Å². The van der Waals surface area contributed by atoms with Crippen LogP contribution in [0, 0.1) is 5.82 Å². The van der Waals surface area contributed by atoms with Crippen molar-refractivity contribution >= 4 is 37.6 Å². The molecule has 2 rings (SSSR count). The van der Waals surface area contributed by atoms with Crippen LogP contribution < -0.4 is 4.74 Å². The highest BCUT2D eigenvalue weighted by Gasteiger charge is 2.13. The number of hydrogen-bond donors (Lipinski definition) is 0. The molecule has 0 fully saturated rings. The summed E-state index contributed by atoms with van der Waals surface area (Å²) in [5.41, 5.74) is 1.29. The minimum absolute atomic E-state index is 0.0608. The topological polar surface area (TPSA) is 26.3 Å². The highest BCUT2D eigenvalue weighted by molar-refractivity contribution is 9.10. The summed E-state index contributed by atoms with van der Waals surface area (Å²) in [4.78, 5) is 12.3. The Morgan fingerprint density at radius 2 is 1.90 bits per heavy atom. The molecule has 0 saturated heterocycles. The highest BCUT2D eigenvalue weighted by atomic mass is 79.9. The molecule has 0 N–H and O–H groups in total. The van der Waals surface area contributed by atoms with Crippen molar-refractivity contribution in [3.8, 4) is 5.75 Å². The fourth-order valence-corrected chi connectivity index (χ4v) is 2.67. The van der Waals surface area contributed by atoms with E-state index in [4.69, 9.17) is 4.74 Å². The number of methoxy groups -OCH3 is 1. The fourth-order valence-electron chi connectivity index (χ4n) is 1.78. The summed E-state index contributed by atoms with van der Waals surface area (Å²) in [6.45, 7) is 0. The molecule has 0 radical (unpaired) electrons. The van der Waals surface area contributed by atoms with Gasteiger partial charge in [0.2, 0.25) is 0 Å². The zero-order chi connectivity index (χ0) is 14.7. The van der Waals surface area contributed by atoms with E-state index in [2.05, 4.69) is 31.9 Å². The molecule has 5 heteroatoms. The Morgan fingerprint density at radius 3 is 2.55 bits per heavy atom. The van der Waals surface area contributed by atoms with E-state index < -0.39 is 0 Å². The van der Waals surface area contributed by atoms with Gasteiger partial charge in [-0.2, -0.15) is 0 Å². The van der Waals surface area contributed by atoms with E-state index in [9.17, 15) is 9.18 Å². The van der Waals surface area contributed by atoms with Crippen LogP contribution in [0.1, 0.15) is 15.9 Å². The van der Waals surface area contributed by atoms with Gasteiger partial charge in [-0.25, -0.2) is 4.39 Å². The smallest absolute Gasteiger partial charge is 0.168 e. The Kier molecular flexibility index (Phi) is 4.94. The third kappa shape index (κ3) is 3.46. The predicted molar refractivity (Wildman–Crippen MR) is 82.8 cm³/mol. The summed E-state index contributed by atoms with van der Waals surface area (Å²) in [6.07, 6.45) is 0.199.